The summed E-state index contributed by atoms with van der Waals surface area (Å²) in [6, 6.07) is 10.9. The van der Waals surface area contributed by atoms with Gasteiger partial charge in [-0.05, 0) is 69.3 Å². The standard InChI is InChI=1S/C28H32FN3O5S2/c1-28(2,3)37-27(33)32(26-16-38-17-31-26)39(34,35)25-14-24-18(13-22(25)29)12-19(15-36-24)20-8-4-5-9-21(20)23-10-6-7-11-30-23/h4-5,8-9,13-14,16-17,19,23,30H,6-7,10-12,15H2,1-3H3/t19?,23-/m0/s1. The van der Waals surface area contributed by atoms with Crippen LogP contribution in [0.4, 0.5) is 15.0 Å². The lowest BCUT2D eigenvalue weighted by molar-refractivity contribution is 0.0608. The predicted molar refractivity (Wildman–Crippen MR) is 147 cm³/mol. The molecule has 3 heterocycles. The van der Waals surface area contributed by atoms with Gasteiger partial charge in [-0.25, -0.2) is 22.6 Å². The third-order valence-electron chi connectivity index (χ3n) is 6.85. The highest BCUT2D eigenvalue weighted by Crippen LogP contribution is 2.39. The van der Waals surface area contributed by atoms with Crippen LogP contribution in [0.3, 0.4) is 0 Å². The number of amides is 1. The van der Waals surface area contributed by atoms with Crippen molar-refractivity contribution >= 4 is 33.3 Å². The molecule has 2 aromatic carbocycles. The van der Waals surface area contributed by atoms with E-state index < -0.39 is 32.4 Å². The maximum absolute atomic E-state index is 15.5. The van der Waals surface area contributed by atoms with Gasteiger partial charge in [-0.2, -0.15) is 0 Å². The van der Waals surface area contributed by atoms with Gasteiger partial charge in [-0.1, -0.05) is 30.7 Å². The minimum absolute atomic E-state index is 0.00690. The second kappa shape index (κ2) is 10.9. The molecule has 0 spiro atoms. The Morgan fingerprint density at radius 2 is 1.97 bits per heavy atom. The van der Waals surface area contributed by atoms with E-state index in [-0.39, 0.29) is 23.5 Å². The Bertz CT molecular complexity index is 1450. The predicted octanol–water partition coefficient (Wildman–Crippen LogP) is 5.95. The van der Waals surface area contributed by atoms with Crippen LogP contribution in [0, 0.1) is 5.82 Å². The molecule has 2 atom stereocenters. The van der Waals surface area contributed by atoms with Gasteiger partial charge in [0, 0.05) is 23.4 Å². The van der Waals surface area contributed by atoms with Gasteiger partial charge in [0.1, 0.15) is 22.1 Å². The molecule has 0 saturated carbocycles. The lowest BCUT2D eigenvalue weighted by Crippen LogP contribution is -2.41. The van der Waals surface area contributed by atoms with Gasteiger partial charge in [0.15, 0.2) is 5.82 Å². The van der Waals surface area contributed by atoms with E-state index in [9.17, 15) is 13.2 Å². The molecule has 2 aliphatic rings. The summed E-state index contributed by atoms with van der Waals surface area (Å²) in [7, 11) is -4.71. The lowest BCUT2D eigenvalue weighted by atomic mass is 9.84. The second-order valence-corrected chi connectivity index (χ2v) is 13.3. The van der Waals surface area contributed by atoms with Crippen LogP contribution in [0.5, 0.6) is 5.75 Å². The number of nitrogens with one attached hydrogen (secondary N) is 1. The first-order chi connectivity index (χ1) is 18.5. The number of hydrogen-bond donors (Lipinski definition) is 1. The maximum Gasteiger partial charge on any atom is 0.430 e. The molecule has 208 valence electrons. The Balaban J connectivity index is 1.46. The number of halogens is 1. The van der Waals surface area contributed by atoms with E-state index >= 15 is 4.39 Å². The molecule has 1 amide bonds. The Labute approximate surface area is 232 Å². The van der Waals surface area contributed by atoms with E-state index in [1.807, 2.05) is 12.1 Å². The molecule has 0 radical (unpaired) electrons. The summed E-state index contributed by atoms with van der Waals surface area (Å²) >= 11 is 1.10. The van der Waals surface area contributed by atoms with Crippen molar-refractivity contribution in [2.75, 3.05) is 17.5 Å². The molecule has 11 heteroatoms. The number of benzene rings is 2. The number of sulfonamides is 1. The maximum atomic E-state index is 15.5. The number of carbonyl (C=O) groups excluding carboxylic acids is 1. The normalized spacial score (nSPS) is 19.6. The third-order valence-corrected chi connectivity index (χ3v) is 9.11. The average molecular weight is 574 g/mol. The fraction of sp³-hybridized carbons (Fsp3) is 0.429. The van der Waals surface area contributed by atoms with Crippen LogP contribution in [0.15, 0.2) is 52.2 Å². The van der Waals surface area contributed by atoms with Crippen molar-refractivity contribution in [3.63, 3.8) is 0 Å². The van der Waals surface area contributed by atoms with Gasteiger partial charge in [0.2, 0.25) is 0 Å². The van der Waals surface area contributed by atoms with Gasteiger partial charge in [0.05, 0.1) is 12.1 Å². The zero-order valence-electron chi connectivity index (χ0n) is 22.1. The number of hydrogen-bond acceptors (Lipinski definition) is 8. The van der Waals surface area contributed by atoms with Crippen LogP contribution in [-0.2, 0) is 21.2 Å². The van der Waals surface area contributed by atoms with Crippen molar-refractivity contribution in [2.45, 2.75) is 68.9 Å². The molecule has 1 N–H and O–H groups in total. The smallest absolute Gasteiger partial charge is 0.430 e. The SMILES string of the molecule is CC(C)(C)OC(=O)N(c1cscn1)S(=O)(=O)c1cc2c(cc1F)CC(c1ccccc1[C@@H]1CCCCN1)CO2. The van der Waals surface area contributed by atoms with E-state index in [1.165, 1.54) is 28.9 Å². The Morgan fingerprint density at radius 1 is 1.21 bits per heavy atom. The molecule has 0 bridgehead atoms. The van der Waals surface area contributed by atoms with Crippen molar-refractivity contribution in [3.8, 4) is 5.75 Å². The minimum Gasteiger partial charge on any atom is -0.493 e. The highest BCUT2D eigenvalue weighted by molar-refractivity contribution is 7.93. The Kier molecular flexibility index (Phi) is 7.67. The minimum atomic E-state index is -4.71. The van der Waals surface area contributed by atoms with Crippen LogP contribution in [-0.4, -0.2) is 38.2 Å². The van der Waals surface area contributed by atoms with Gasteiger partial charge < -0.3 is 14.8 Å². The molecule has 8 nitrogen and oxygen atoms in total. The molecule has 1 saturated heterocycles. The van der Waals surface area contributed by atoms with Gasteiger partial charge >= 0.3 is 6.09 Å². The number of rotatable bonds is 5. The quantitative estimate of drug-likeness (QED) is 0.403. The highest BCUT2D eigenvalue weighted by Gasteiger charge is 2.39. The average Bonchev–Trinajstić information content (AvgIpc) is 3.41. The van der Waals surface area contributed by atoms with Gasteiger partial charge in [-0.15, -0.1) is 15.6 Å². The number of nitrogens with zero attached hydrogens (tertiary/aromatic N) is 2. The fourth-order valence-electron chi connectivity index (χ4n) is 5.12. The zero-order valence-corrected chi connectivity index (χ0v) is 23.8. The zero-order chi connectivity index (χ0) is 27.8. The van der Waals surface area contributed by atoms with Crippen LogP contribution >= 0.6 is 11.3 Å². The first-order valence-electron chi connectivity index (χ1n) is 13.0. The summed E-state index contributed by atoms with van der Waals surface area (Å²) in [4.78, 5) is 16.3. The third kappa shape index (κ3) is 5.80. The second-order valence-electron chi connectivity index (χ2n) is 10.8. The van der Waals surface area contributed by atoms with Crippen LogP contribution in [0.1, 0.15) is 68.7 Å². The lowest BCUT2D eigenvalue weighted by Gasteiger charge is -2.31. The van der Waals surface area contributed by atoms with Crippen molar-refractivity contribution in [2.24, 2.45) is 0 Å². The fourth-order valence-corrected chi connectivity index (χ4v) is 7.04. The Hall–Kier alpha value is -3.02. The van der Waals surface area contributed by atoms with Crippen LogP contribution in [0.2, 0.25) is 0 Å². The Morgan fingerprint density at radius 3 is 2.64 bits per heavy atom. The topological polar surface area (TPSA) is 97.8 Å². The summed E-state index contributed by atoms with van der Waals surface area (Å²) < 4.78 is 54.6. The molecular formula is C28H32FN3O5S2. The first-order valence-corrected chi connectivity index (χ1v) is 15.4. The van der Waals surface area contributed by atoms with E-state index in [0.29, 0.717) is 22.9 Å². The summed E-state index contributed by atoms with van der Waals surface area (Å²) in [5.41, 5.74) is 3.36. The molecule has 1 aromatic heterocycles. The number of piperidine rings is 1. The summed E-state index contributed by atoms with van der Waals surface area (Å²) in [6.07, 6.45) is 2.72. The summed E-state index contributed by atoms with van der Waals surface area (Å²) in [5, 5.41) is 4.98. The number of ether oxygens (including phenoxy) is 2. The largest absolute Gasteiger partial charge is 0.493 e. The van der Waals surface area contributed by atoms with Crippen LogP contribution < -0.4 is 14.4 Å². The number of anilines is 1. The molecule has 3 aromatic rings. The van der Waals surface area contributed by atoms with E-state index in [1.54, 1.807) is 20.8 Å². The molecule has 0 aliphatic carbocycles. The molecule has 2 aliphatic heterocycles. The van der Waals surface area contributed by atoms with E-state index in [0.717, 1.165) is 42.4 Å². The first kappa shape index (κ1) is 27.5. The van der Waals surface area contributed by atoms with E-state index in [4.69, 9.17) is 9.47 Å². The number of carbonyl (C=O) groups is 1. The summed E-state index contributed by atoms with van der Waals surface area (Å²) in [6.45, 7) is 6.14. The van der Waals surface area contributed by atoms with Gasteiger partial charge in [0.25, 0.3) is 10.0 Å². The number of fused-ring (bicyclic) bond motifs is 1. The number of aromatic nitrogens is 1. The highest BCUT2D eigenvalue weighted by atomic mass is 32.2. The molecule has 1 fully saturated rings. The molecular weight excluding hydrogens is 541 g/mol. The number of thiazole rings is 1. The van der Waals surface area contributed by atoms with Crippen molar-refractivity contribution in [3.05, 3.63) is 69.8 Å². The molecule has 1 unspecified atom stereocenters. The molecule has 39 heavy (non-hydrogen) atoms. The van der Waals surface area contributed by atoms with Gasteiger partial charge in [-0.3, -0.25) is 0 Å². The summed E-state index contributed by atoms with van der Waals surface area (Å²) in [5.74, 6) is -0.862. The van der Waals surface area contributed by atoms with Crippen molar-refractivity contribution in [1.82, 2.24) is 10.3 Å². The van der Waals surface area contributed by atoms with Crippen LogP contribution in [0.25, 0.3) is 0 Å². The van der Waals surface area contributed by atoms with Crippen molar-refractivity contribution < 1.29 is 27.1 Å². The van der Waals surface area contributed by atoms with Crippen molar-refractivity contribution in [1.29, 1.82) is 0 Å². The monoisotopic (exact) mass is 573 g/mol. The molecule has 5 rings (SSSR count). The van der Waals surface area contributed by atoms with E-state index in [2.05, 4.69) is 22.4 Å².